The molecule has 9 heteroatoms. The molecule has 27 heavy (non-hydrogen) atoms. The second-order valence-electron chi connectivity index (χ2n) is 6.35. The Balaban J connectivity index is 1.60. The van der Waals surface area contributed by atoms with Crippen molar-refractivity contribution in [3.05, 3.63) is 48.7 Å². The minimum Gasteiger partial charge on any atom is -0.371 e. The Bertz CT molecular complexity index is 1070. The van der Waals surface area contributed by atoms with Gasteiger partial charge in [0.15, 0.2) is 11.5 Å². The summed E-state index contributed by atoms with van der Waals surface area (Å²) in [5, 5.41) is 15.7. The van der Waals surface area contributed by atoms with Crippen molar-refractivity contribution in [3.8, 4) is 11.3 Å². The van der Waals surface area contributed by atoms with Crippen molar-refractivity contribution >= 4 is 17.4 Å². The molecule has 4 rings (SSSR count). The predicted octanol–water partition coefficient (Wildman–Crippen LogP) is 2.59. The van der Waals surface area contributed by atoms with Crippen LogP contribution in [0.5, 0.6) is 0 Å². The normalized spacial score (nSPS) is 11.4. The van der Waals surface area contributed by atoms with E-state index in [9.17, 15) is 0 Å². The van der Waals surface area contributed by atoms with Gasteiger partial charge in [0.1, 0.15) is 12.4 Å². The third-order valence-electron chi connectivity index (χ3n) is 4.04. The van der Waals surface area contributed by atoms with Gasteiger partial charge in [0.2, 0.25) is 5.95 Å². The van der Waals surface area contributed by atoms with Crippen LogP contribution < -0.4 is 5.32 Å². The highest BCUT2D eigenvalue weighted by Crippen LogP contribution is 2.21. The molecule has 0 aromatic carbocycles. The number of hydrogen-bond acceptors (Lipinski definition) is 7. The standard InChI is InChI=1S/C18H20N8O/c1-12(2)27-11-17-24-23-16-10-13(6-9-26(16)17)14-4-7-19-18(21-14)22-15-5-8-20-25(15)3/h4-10,12H,11H2,1-3H3,(H,19,21,22). The summed E-state index contributed by atoms with van der Waals surface area (Å²) in [6.07, 6.45) is 5.51. The van der Waals surface area contributed by atoms with E-state index in [1.807, 2.05) is 55.8 Å². The van der Waals surface area contributed by atoms with E-state index in [-0.39, 0.29) is 6.10 Å². The third kappa shape index (κ3) is 3.63. The van der Waals surface area contributed by atoms with Gasteiger partial charge >= 0.3 is 0 Å². The number of rotatable bonds is 6. The summed E-state index contributed by atoms with van der Waals surface area (Å²) in [6.45, 7) is 4.41. The SMILES string of the molecule is CC(C)OCc1nnc2cc(-c3ccnc(Nc4ccnn4C)n3)ccn12. The topological polar surface area (TPSA) is 95.0 Å². The lowest BCUT2D eigenvalue weighted by atomic mass is 10.2. The molecule has 0 saturated heterocycles. The number of nitrogens with one attached hydrogen (secondary N) is 1. The number of pyridine rings is 1. The maximum atomic E-state index is 5.63. The number of ether oxygens (including phenoxy) is 1. The highest BCUT2D eigenvalue weighted by molar-refractivity contribution is 5.65. The van der Waals surface area contributed by atoms with Crippen LogP contribution in [-0.2, 0) is 18.4 Å². The highest BCUT2D eigenvalue weighted by Gasteiger charge is 2.10. The van der Waals surface area contributed by atoms with Gasteiger partial charge in [-0.3, -0.25) is 9.08 Å². The molecular weight excluding hydrogens is 344 g/mol. The molecule has 9 nitrogen and oxygen atoms in total. The van der Waals surface area contributed by atoms with Crippen molar-refractivity contribution in [2.45, 2.75) is 26.6 Å². The van der Waals surface area contributed by atoms with Gasteiger partial charge in [-0.05, 0) is 32.0 Å². The number of fused-ring (bicyclic) bond motifs is 1. The van der Waals surface area contributed by atoms with Crippen LogP contribution in [0, 0.1) is 0 Å². The Hall–Kier alpha value is -3.33. The molecule has 4 aromatic rings. The smallest absolute Gasteiger partial charge is 0.228 e. The predicted molar refractivity (Wildman–Crippen MR) is 100 cm³/mol. The first-order valence-corrected chi connectivity index (χ1v) is 8.64. The molecule has 4 heterocycles. The summed E-state index contributed by atoms with van der Waals surface area (Å²) in [7, 11) is 1.85. The van der Waals surface area contributed by atoms with Crippen molar-refractivity contribution in [2.75, 3.05) is 5.32 Å². The summed E-state index contributed by atoms with van der Waals surface area (Å²) >= 11 is 0. The van der Waals surface area contributed by atoms with Crippen LogP contribution in [-0.4, -0.2) is 40.5 Å². The fourth-order valence-corrected chi connectivity index (χ4v) is 2.63. The number of aromatic nitrogens is 7. The summed E-state index contributed by atoms with van der Waals surface area (Å²) in [5.41, 5.74) is 2.47. The van der Waals surface area contributed by atoms with Crippen molar-refractivity contribution in [1.29, 1.82) is 0 Å². The first-order valence-electron chi connectivity index (χ1n) is 8.64. The molecular formula is C18H20N8O. The second-order valence-corrected chi connectivity index (χ2v) is 6.35. The van der Waals surface area contributed by atoms with Crippen LogP contribution in [0.4, 0.5) is 11.8 Å². The largest absolute Gasteiger partial charge is 0.371 e. The Kier molecular flexibility index (Phi) is 4.51. The molecule has 0 radical (unpaired) electrons. The third-order valence-corrected chi connectivity index (χ3v) is 4.04. The minimum atomic E-state index is 0.142. The van der Waals surface area contributed by atoms with Crippen LogP contribution in [0.25, 0.3) is 16.9 Å². The lowest BCUT2D eigenvalue weighted by Gasteiger charge is -2.08. The molecule has 0 atom stereocenters. The number of anilines is 2. The van der Waals surface area contributed by atoms with Gasteiger partial charge in [0.25, 0.3) is 0 Å². The average Bonchev–Trinajstić information content (AvgIpc) is 3.26. The van der Waals surface area contributed by atoms with E-state index in [1.54, 1.807) is 17.1 Å². The number of nitrogens with zero attached hydrogens (tertiary/aromatic N) is 7. The van der Waals surface area contributed by atoms with E-state index < -0.39 is 0 Å². The monoisotopic (exact) mass is 364 g/mol. The molecule has 0 bridgehead atoms. The van der Waals surface area contributed by atoms with Gasteiger partial charge in [-0.15, -0.1) is 10.2 Å². The zero-order valence-corrected chi connectivity index (χ0v) is 15.4. The van der Waals surface area contributed by atoms with Gasteiger partial charge in [-0.25, -0.2) is 9.97 Å². The Morgan fingerprint density at radius 1 is 1.15 bits per heavy atom. The van der Waals surface area contributed by atoms with E-state index in [0.717, 1.165) is 28.5 Å². The van der Waals surface area contributed by atoms with E-state index in [0.29, 0.717) is 12.6 Å². The van der Waals surface area contributed by atoms with Crippen molar-refractivity contribution < 1.29 is 4.74 Å². The number of aryl methyl sites for hydroxylation is 1. The van der Waals surface area contributed by atoms with E-state index >= 15 is 0 Å². The van der Waals surface area contributed by atoms with Gasteiger partial charge in [-0.2, -0.15) is 5.10 Å². The van der Waals surface area contributed by atoms with E-state index in [4.69, 9.17) is 4.74 Å². The van der Waals surface area contributed by atoms with Gasteiger partial charge in [0, 0.05) is 31.1 Å². The van der Waals surface area contributed by atoms with Crippen LogP contribution >= 0.6 is 0 Å². The molecule has 0 amide bonds. The molecule has 0 aliphatic heterocycles. The molecule has 0 saturated carbocycles. The summed E-state index contributed by atoms with van der Waals surface area (Å²) in [4.78, 5) is 8.86. The summed E-state index contributed by atoms with van der Waals surface area (Å²) < 4.78 is 9.26. The van der Waals surface area contributed by atoms with Gasteiger partial charge < -0.3 is 10.1 Å². The maximum absolute atomic E-state index is 5.63. The lowest BCUT2D eigenvalue weighted by molar-refractivity contribution is 0.0608. The zero-order chi connectivity index (χ0) is 18.8. The molecule has 4 aromatic heterocycles. The summed E-state index contributed by atoms with van der Waals surface area (Å²) in [5.74, 6) is 2.09. The fourth-order valence-electron chi connectivity index (χ4n) is 2.63. The minimum absolute atomic E-state index is 0.142. The Morgan fingerprint density at radius 2 is 2.04 bits per heavy atom. The van der Waals surface area contributed by atoms with E-state index in [2.05, 4.69) is 30.6 Å². The number of hydrogen-bond donors (Lipinski definition) is 1. The van der Waals surface area contributed by atoms with Crippen LogP contribution in [0.15, 0.2) is 42.9 Å². The van der Waals surface area contributed by atoms with Crippen LogP contribution in [0.3, 0.4) is 0 Å². The Morgan fingerprint density at radius 3 is 2.81 bits per heavy atom. The van der Waals surface area contributed by atoms with Crippen LogP contribution in [0.2, 0.25) is 0 Å². The second kappa shape index (κ2) is 7.12. The lowest BCUT2D eigenvalue weighted by Crippen LogP contribution is -2.05. The highest BCUT2D eigenvalue weighted by atomic mass is 16.5. The van der Waals surface area contributed by atoms with Crippen molar-refractivity contribution in [3.63, 3.8) is 0 Å². The van der Waals surface area contributed by atoms with Gasteiger partial charge in [0.05, 0.1) is 18.0 Å². The molecule has 1 N–H and O–H groups in total. The van der Waals surface area contributed by atoms with Crippen molar-refractivity contribution in [1.82, 2.24) is 34.3 Å². The zero-order valence-electron chi connectivity index (χ0n) is 15.4. The molecule has 0 unspecified atom stereocenters. The molecule has 0 spiro atoms. The van der Waals surface area contributed by atoms with E-state index in [1.165, 1.54) is 0 Å². The van der Waals surface area contributed by atoms with Crippen LogP contribution in [0.1, 0.15) is 19.7 Å². The summed E-state index contributed by atoms with van der Waals surface area (Å²) in [6, 6.07) is 7.64. The van der Waals surface area contributed by atoms with Gasteiger partial charge in [-0.1, -0.05) is 0 Å². The first kappa shape index (κ1) is 17.1. The Labute approximate surface area is 156 Å². The quantitative estimate of drug-likeness (QED) is 0.562. The maximum Gasteiger partial charge on any atom is 0.228 e. The molecule has 138 valence electrons. The molecule has 0 aliphatic rings. The van der Waals surface area contributed by atoms with Crippen molar-refractivity contribution in [2.24, 2.45) is 7.05 Å². The fraction of sp³-hybridized carbons (Fsp3) is 0.278. The molecule has 0 aliphatic carbocycles. The molecule has 0 fully saturated rings. The average molecular weight is 364 g/mol. The first-order chi connectivity index (χ1) is 13.1.